The van der Waals surface area contributed by atoms with Gasteiger partial charge in [0.1, 0.15) is 0 Å². The first-order valence-electron chi connectivity index (χ1n) is 12.4. The van der Waals surface area contributed by atoms with Crippen molar-refractivity contribution >= 4 is 16.9 Å². The average Bonchev–Trinajstić information content (AvgIpc) is 3.47. The minimum absolute atomic E-state index is 0.0658. The van der Waals surface area contributed by atoms with E-state index in [-0.39, 0.29) is 17.4 Å². The zero-order chi connectivity index (χ0) is 22.0. The number of nitrogens with zero attached hydrogens (tertiary/aromatic N) is 2. The van der Waals surface area contributed by atoms with Crippen molar-refractivity contribution in [2.75, 3.05) is 33.3 Å². The number of para-hydroxylation sites is 1. The molecule has 0 radical (unpaired) electrons. The molecule has 0 bridgehead atoms. The number of esters is 1. The van der Waals surface area contributed by atoms with Gasteiger partial charge in [0.2, 0.25) is 0 Å². The predicted molar refractivity (Wildman–Crippen MR) is 126 cm³/mol. The standard InChI is InChI=1S/C27H35N3O2/c1-17-16-20-21(27(2,23(17)26(31)32-3)30-12-6-7-13-30)11-15-29-14-10-19-18-8-4-5-9-22(18)28-24(19)25(20)29/h4-5,8-9,16,20-21,23,25,28H,6-7,10-15H2,1-3H3/t20-,21-,23+,25+,27+/m0/s1. The van der Waals surface area contributed by atoms with Gasteiger partial charge in [0.05, 0.1) is 19.1 Å². The molecule has 0 spiro atoms. The molecule has 2 aromatic rings. The number of aromatic nitrogens is 1. The lowest BCUT2D eigenvalue weighted by molar-refractivity contribution is -0.154. The van der Waals surface area contributed by atoms with Crippen molar-refractivity contribution < 1.29 is 9.53 Å². The molecule has 1 aliphatic carbocycles. The molecule has 0 saturated carbocycles. The lowest BCUT2D eigenvalue weighted by atomic mass is 9.57. The second-order valence-corrected chi connectivity index (χ2v) is 10.6. The summed E-state index contributed by atoms with van der Waals surface area (Å²) >= 11 is 0. The summed E-state index contributed by atoms with van der Waals surface area (Å²) in [5.74, 6) is 0.600. The number of carbonyl (C=O) groups excluding carboxylic acids is 1. The van der Waals surface area contributed by atoms with E-state index < -0.39 is 0 Å². The quantitative estimate of drug-likeness (QED) is 0.566. The van der Waals surface area contributed by atoms with Gasteiger partial charge in [-0.1, -0.05) is 29.8 Å². The maximum atomic E-state index is 13.1. The SMILES string of the molecule is COC(=O)[C@H]1C(C)=C[C@@H]2[C@@H]3c4[nH]c5ccccc5c4CCN3CC[C@@H]2[C@@]1(C)N1CCCC1. The number of aromatic amines is 1. The highest BCUT2D eigenvalue weighted by atomic mass is 16.5. The molecule has 5 nitrogen and oxygen atoms in total. The number of rotatable bonds is 2. The monoisotopic (exact) mass is 433 g/mol. The summed E-state index contributed by atoms with van der Waals surface area (Å²) < 4.78 is 5.37. The second kappa shape index (κ2) is 7.46. The lowest BCUT2D eigenvalue weighted by Gasteiger charge is -2.59. The van der Waals surface area contributed by atoms with Crippen LogP contribution in [0.5, 0.6) is 0 Å². The van der Waals surface area contributed by atoms with Crippen molar-refractivity contribution in [1.82, 2.24) is 14.8 Å². The van der Waals surface area contributed by atoms with Crippen LogP contribution in [0.15, 0.2) is 35.9 Å². The maximum absolute atomic E-state index is 13.1. The average molecular weight is 434 g/mol. The zero-order valence-corrected chi connectivity index (χ0v) is 19.6. The molecule has 2 fully saturated rings. The van der Waals surface area contributed by atoms with E-state index in [4.69, 9.17) is 4.74 Å². The van der Waals surface area contributed by atoms with E-state index in [0.29, 0.717) is 17.9 Å². The van der Waals surface area contributed by atoms with Crippen molar-refractivity contribution in [3.05, 3.63) is 47.2 Å². The van der Waals surface area contributed by atoms with Gasteiger partial charge in [-0.05, 0) is 76.7 Å². The van der Waals surface area contributed by atoms with Crippen LogP contribution >= 0.6 is 0 Å². The molecule has 170 valence electrons. The molecule has 1 aromatic carbocycles. The molecule has 5 heteroatoms. The van der Waals surface area contributed by atoms with E-state index in [1.54, 1.807) is 7.11 Å². The zero-order valence-electron chi connectivity index (χ0n) is 19.6. The van der Waals surface area contributed by atoms with Crippen molar-refractivity contribution in [2.45, 2.75) is 51.1 Å². The molecular weight excluding hydrogens is 398 g/mol. The van der Waals surface area contributed by atoms with E-state index in [1.165, 1.54) is 40.6 Å². The minimum atomic E-state index is -0.192. The summed E-state index contributed by atoms with van der Waals surface area (Å²) in [6.07, 6.45) is 7.16. The Kier molecular flexibility index (Phi) is 4.78. The van der Waals surface area contributed by atoms with Gasteiger partial charge in [-0.2, -0.15) is 0 Å². The Morgan fingerprint density at radius 3 is 2.72 bits per heavy atom. The molecule has 32 heavy (non-hydrogen) atoms. The third-order valence-corrected chi connectivity index (χ3v) is 9.21. The van der Waals surface area contributed by atoms with E-state index in [2.05, 4.69) is 59.0 Å². The molecule has 2 saturated heterocycles. The summed E-state index contributed by atoms with van der Waals surface area (Å²) in [6, 6.07) is 9.12. The van der Waals surface area contributed by atoms with Crippen molar-refractivity contribution in [2.24, 2.45) is 17.8 Å². The van der Waals surface area contributed by atoms with E-state index >= 15 is 0 Å². The molecule has 3 aliphatic heterocycles. The Morgan fingerprint density at radius 1 is 1.16 bits per heavy atom. The highest BCUT2D eigenvalue weighted by Crippen LogP contribution is 2.56. The number of benzene rings is 1. The highest BCUT2D eigenvalue weighted by molar-refractivity contribution is 5.85. The van der Waals surface area contributed by atoms with Gasteiger partial charge in [0.25, 0.3) is 0 Å². The molecule has 1 N–H and O–H groups in total. The summed E-state index contributed by atoms with van der Waals surface area (Å²) in [4.78, 5) is 22.3. The fraction of sp³-hybridized carbons (Fsp3) is 0.593. The Labute approximate surface area is 190 Å². The number of methoxy groups -OCH3 is 1. The number of carbonyl (C=O) groups is 1. The van der Waals surface area contributed by atoms with Gasteiger partial charge >= 0.3 is 5.97 Å². The summed E-state index contributed by atoms with van der Waals surface area (Å²) in [7, 11) is 1.55. The topological polar surface area (TPSA) is 48.6 Å². The Balaban J connectivity index is 1.50. The van der Waals surface area contributed by atoms with Crippen LogP contribution < -0.4 is 0 Å². The van der Waals surface area contributed by atoms with Crippen LogP contribution in [0.2, 0.25) is 0 Å². The van der Waals surface area contributed by atoms with E-state index in [0.717, 1.165) is 39.0 Å². The first-order chi connectivity index (χ1) is 15.5. The normalized spacial score (nSPS) is 35.2. The van der Waals surface area contributed by atoms with E-state index in [1.807, 2.05) is 0 Å². The molecule has 5 atom stereocenters. The Morgan fingerprint density at radius 2 is 1.94 bits per heavy atom. The fourth-order valence-electron chi connectivity index (χ4n) is 7.85. The number of hydrogen-bond acceptors (Lipinski definition) is 4. The largest absolute Gasteiger partial charge is 0.469 e. The first-order valence-corrected chi connectivity index (χ1v) is 12.4. The second-order valence-electron chi connectivity index (χ2n) is 10.6. The summed E-state index contributed by atoms with van der Waals surface area (Å²) in [5, 5.41) is 1.38. The number of likely N-dealkylation sites (tertiary alicyclic amines) is 1. The van der Waals surface area contributed by atoms with Gasteiger partial charge < -0.3 is 9.72 Å². The molecule has 6 rings (SSSR count). The van der Waals surface area contributed by atoms with E-state index in [9.17, 15) is 4.79 Å². The number of fused-ring (bicyclic) bond motifs is 7. The smallest absolute Gasteiger partial charge is 0.314 e. The van der Waals surface area contributed by atoms with Gasteiger partial charge in [0.15, 0.2) is 0 Å². The van der Waals surface area contributed by atoms with Crippen molar-refractivity contribution in [3.8, 4) is 0 Å². The number of ether oxygens (including phenoxy) is 1. The number of H-pyrrole nitrogens is 1. The van der Waals surface area contributed by atoms with Crippen LogP contribution in [-0.2, 0) is 16.0 Å². The lowest BCUT2D eigenvalue weighted by Crippen LogP contribution is -2.65. The molecule has 4 aliphatic rings. The molecular formula is C27H35N3O2. The maximum Gasteiger partial charge on any atom is 0.314 e. The molecule has 0 unspecified atom stereocenters. The number of hydrogen-bond donors (Lipinski definition) is 1. The van der Waals surface area contributed by atoms with Crippen LogP contribution in [0.25, 0.3) is 10.9 Å². The summed E-state index contributed by atoms with van der Waals surface area (Å²) in [6.45, 7) is 8.94. The van der Waals surface area contributed by atoms with Crippen molar-refractivity contribution in [3.63, 3.8) is 0 Å². The Hall–Kier alpha value is -2.11. The third-order valence-electron chi connectivity index (χ3n) is 9.21. The Bertz CT molecular complexity index is 1080. The van der Waals surface area contributed by atoms with Crippen LogP contribution in [0.4, 0.5) is 0 Å². The summed E-state index contributed by atoms with van der Waals surface area (Å²) in [5.41, 5.74) is 5.18. The van der Waals surface area contributed by atoms with Crippen LogP contribution in [0, 0.1) is 17.8 Å². The van der Waals surface area contributed by atoms with Gasteiger partial charge in [-0.25, -0.2) is 0 Å². The van der Waals surface area contributed by atoms with Crippen LogP contribution in [-0.4, -0.2) is 59.6 Å². The highest BCUT2D eigenvalue weighted by Gasteiger charge is 2.58. The third kappa shape index (κ3) is 2.73. The fourth-order valence-corrected chi connectivity index (χ4v) is 7.85. The molecule has 4 heterocycles. The minimum Gasteiger partial charge on any atom is -0.469 e. The first kappa shape index (κ1) is 20.5. The number of piperidine rings is 1. The number of nitrogens with one attached hydrogen (secondary N) is 1. The van der Waals surface area contributed by atoms with Crippen LogP contribution in [0.1, 0.15) is 50.4 Å². The van der Waals surface area contributed by atoms with Gasteiger partial charge in [-0.3, -0.25) is 14.6 Å². The molecule has 1 aromatic heterocycles. The van der Waals surface area contributed by atoms with Gasteiger partial charge in [-0.15, -0.1) is 0 Å². The predicted octanol–water partition coefficient (Wildman–Crippen LogP) is 4.31. The van der Waals surface area contributed by atoms with Gasteiger partial charge in [0, 0.05) is 34.6 Å². The molecule has 0 amide bonds. The van der Waals surface area contributed by atoms with Crippen molar-refractivity contribution in [1.29, 1.82) is 0 Å². The van der Waals surface area contributed by atoms with Crippen LogP contribution in [0.3, 0.4) is 0 Å².